The van der Waals surface area contributed by atoms with Gasteiger partial charge in [-0.25, -0.2) is 0 Å². The molecule has 1 saturated carbocycles. The minimum Gasteiger partial charge on any atom is -0.377 e. The van der Waals surface area contributed by atoms with Gasteiger partial charge in [-0.3, -0.25) is 9.79 Å². The summed E-state index contributed by atoms with van der Waals surface area (Å²) in [5, 5.41) is 6.56. The summed E-state index contributed by atoms with van der Waals surface area (Å²) in [6.07, 6.45) is 6.56. The molecule has 0 spiro atoms. The maximum atomic E-state index is 12.6. The molecule has 2 fully saturated rings. The Morgan fingerprint density at radius 3 is 2.59 bits per heavy atom. The van der Waals surface area contributed by atoms with E-state index in [0.29, 0.717) is 26.3 Å². The third-order valence-electron chi connectivity index (χ3n) is 5.17. The molecule has 1 aliphatic carbocycles. The average Bonchev–Trinajstić information content (AvgIpc) is 3.31. The Balaban J connectivity index is 0.00000364. The highest BCUT2D eigenvalue weighted by Crippen LogP contribution is 2.39. The normalized spacial score (nSPS) is 21.6. The zero-order valence-electron chi connectivity index (χ0n) is 17.1. The van der Waals surface area contributed by atoms with Crippen LogP contribution >= 0.6 is 24.0 Å². The number of rotatable bonds is 9. The number of hydrogen-bond acceptors (Lipinski definition) is 4. The molecule has 0 aromatic heterocycles. The maximum absolute atomic E-state index is 12.6. The first-order valence-corrected chi connectivity index (χ1v) is 10.0. The number of ether oxygens (including phenoxy) is 2. The van der Waals surface area contributed by atoms with Crippen LogP contribution in [-0.4, -0.2) is 76.4 Å². The average molecular weight is 496 g/mol. The predicted molar refractivity (Wildman–Crippen MR) is 119 cm³/mol. The number of nitrogens with zero attached hydrogens (tertiary/aromatic N) is 2. The summed E-state index contributed by atoms with van der Waals surface area (Å²) in [5.41, 5.74) is -0.331. The highest BCUT2D eigenvalue weighted by molar-refractivity contribution is 14.0. The Labute approximate surface area is 181 Å². The molecular formula is C19H37IN4O3. The van der Waals surface area contributed by atoms with Gasteiger partial charge >= 0.3 is 0 Å². The molecule has 2 aliphatic rings. The minimum atomic E-state index is -0.331. The Kier molecular flexibility index (Phi) is 11.6. The van der Waals surface area contributed by atoms with Crippen molar-refractivity contribution in [2.45, 2.75) is 51.6 Å². The van der Waals surface area contributed by atoms with Crippen molar-refractivity contribution in [1.29, 1.82) is 0 Å². The van der Waals surface area contributed by atoms with Gasteiger partial charge in [0.2, 0.25) is 5.91 Å². The third-order valence-corrected chi connectivity index (χ3v) is 5.17. The number of nitrogens with one attached hydrogen (secondary N) is 2. The van der Waals surface area contributed by atoms with Crippen LogP contribution in [0.4, 0.5) is 0 Å². The van der Waals surface area contributed by atoms with E-state index in [-0.39, 0.29) is 41.4 Å². The summed E-state index contributed by atoms with van der Waals surface area (Å²) in [7, 11) is 3.67. The minimum absolute atomic E-state index is 0. The van der Waals surface area contributed by atoms with Gasteiger partial charge < -0.3 is 25.0 Å². The van der Waals surface area contributed by atoms with E-state index in [2.05, 4.69) is 10.6 Å². The summed E-state index contributed by atoms with van der Waals surface area (Å²) in [4.78, 5) is 19.1. The second-order valence-corrected chi connectivity index (χ2v) is 7.52. The molecule has 0 radical (unpaired) electrons. The fourth-order valence-corrected chi connectivity index (χ4v) is 3.77. The lowest BCUT2D eigenvalue weighted by Gasteiger charge is -2.29. The van der Waals surface area contributed by atoms with Crippen LogP contribution in [0.15, 0.2) is 4.99 Å². The molecular weight excluding hydrogens is 459 g/mol. The van der Waals surface area contributed by atoms with E-state index in [1.807, 2.05) is 21.0 Å². The Hall–Kier alpha value is -0.610. The topological polar surface area (TPSA) is 75.2 Å². The van der Waals surface area contributed by atoms with Crippen LogP contribution in [0.3, 0.4) is 0 Å². The van der Waals surface area contributed by atoms with Gasteiger partial charge in [-0.15, -0.1) is 24.0 Å². The standard InChI is InChI=1S/C19H36N4O3.HI/c1-4-20-18(21-11-13-25-14-16-8-7-12-26-16)22-15-19(9-5-6-10-19)17(24)23(2)3;/h16H,4-15H2,1-3H3,(H2,20,21,22);1H. The summed E-state index contributed by atoms with van der Waals surface area (Å²) in [6, 6.07) is 0. The first-order chi connectivity index (χ1) is 12.6. The first kappa shape index (κ1) is 24.4. The largest absolute Gasteiger partial charge is 0.377 e. The van der Waals surface area contributed by atoms with Crippen molar-refractivity contribution in [3.05, 3.63) is 0 Å². The van der Waals surface area contributed by atoms with Crippen LogP contribution in [-0.2, 0) is 14.3 Å². The number of carbonyl (C=O) groups is 1. The molecule has 1 heterocycles. The molecule has 7 nitrogen and oxygen atoms in total. The van der Waals surface area contributed by atoms with E-state index in [1.165, 1.54) is 0 Å². The fraction of sp³-hybridized carbons (Fsp3) is 0.895. The summed E-state index contributed by atoms with van der Waals surface area (Å²) >= 11 is 0. The molecule has 2 rings (SSSR count). The van der Waals surface area contributed by atoms with E-state index < -0.39 is 0 Å². The highest BCUT2D eigenvalue weighted by atomic mass is 127. The van der Waals surface area contributed by atoms with Crippen LogP contribution in [0.2, 0.25) is 0 Å². The molecule has 0 aromatic carbocycles. The second kappa shape index (κ2) is 12.8. The van der Waals surface area contributed by atoms with Crippen LogP contribution in [0.1, 0.15) is 45.4 Å². The molecule has 1 aliphatic heterocycles. The number of hydrogen-bond donors (Lipinski definition) is 2. The lowest BCUT2D eigenvalue weighted by atomic mass is 9.85. The van der Waals surface area contributed by atoms with Gasteiger partial charge in [-0.1, -0.05) is 12.8 Å². The van der Waals surface area contributed by atoms with Crippen LogP contribution in [0.25, 0.3) is 0 Å². The van der Waals surface area contributed by atoms with Crippen molar-refractivity contribution in [3.63, 3.8) is 0 Å². The summed E-state index contributed by atoms with van der Waals surface area (Å²) in [5.74, 6) is 0.959. The van der Waals surface area contributed by atoms with E-state index in [9.17, 15) is 4.79 Å². The lowest BCUT2D eigenvalue weighted by molar-refractivity contribution is -0.138. The van der Waals surface area contributed by atoms with Gasteiger partial charge in [-0.05, 0) is 32.6 Å². The second-order valence-electron chi connectivity index (χ2n) is 7.52. The van der Waals surface area contributed by atoms with Gasteiger partial charge in [0.15, 0.2) is 5.96 Å². The Bertz CT molecular complexity index is 462. The predicted octanol–water partition coefficient (Wildman–Crippen LogP) is 2.00. The van der Waals surface area contributed by atoms with Crippen LogP contribution in [0.5, 0.6) is 0 Å². The fourth-order valence-electron chi connectivity index (χ4n) is 3.77. The third kappa shape index (κ3) is 7.73. The van der Waals surface area contributed by atoms with Crippen molar-refractivity contribution < 1.29 is 14.3 Å². The van der Waals surface area contributed by atoms with E-state index in [1.54, 1.807) is 4.90 Å². The Morgan fingerprint density at radius 2 is 2.00 bits per heavy atom. The summed E-state index contributed by atoms with van der Waals surface area (Å²) < 4.78 is 11.2. The van der Waals surface area contributed by atoms with Crippen LogP contribution < -0.4 is 10.6 Å². The summed E-state index contributed by atoms with van der Waals surface area (Å²) in [6.45, 7) is 6.20. The molecule has 27 heavy (non-hydrogen) atoms. The molecule has 1 atom stereocenters. The van der Waals surface area contributed by atoms with Gasteiger partial charge in [-0.2, -0.15) is 0 Å². The van der Waals surface area contributed by atoms with Gasteiger partial charge in [0.1, 0.15) is 0 Å². The van der Waals surface area contributed by atoms with E-state index in [0.717, 1.165) is 57.6 Å². The van der Waals surface area contributed by atoms with Gasteiger partial charge in [0, 0.05) is 33.8 Å². The number of amides is 1. The zero-order chi connectivity index (χ0) is 18.8. The van der Waals surface area contributed by atoms with Gasteiger partial charge in [0.25, 0.3) is 0 Å². The molecule has 8 heteroatoms. The number of halogens is 1. The van der Waals surface area contributed by atoms with Crippen molar-refractivity contribution in [3.8, 4) is 0 Å². The SMILES string of the molecule is CCNC(=NCC1(C(=O)N(C)C)CCCC1)NCCOCC1CCCO1.I. The quantitative estimate of drug-likeness (QED) is 0.221. The monoisotopic (exact) mass is 496 g/mol. The molecule has 0 aromatic rings. The van der Waals surface area contributed by atoms with Crippen LogP contribution in [0, 0.1) is 5.41 Å². The number of guanidine groups is 1. The van der Waals surface area contributed by atoms with Crippen molar-refractivity contribution in [2.75, 3.05) is 53.6 Å². The first-order valence-electron chi connectivity index (χ1n) is 10.0. The Morgan fingerprint density at radius 1 is 1.26 bits per heavy atom. The smallest absolute Gasteiger partial charge is 0.230 e. The molecule has 0 bridgehead atoms. The van der Waals surface area contributed by atoms with E-state index >= 15 is 0 Å². The molecule has 158 valence electrons. The van der Waals surface area contributed by atoms with Crippen molar-refractivity contribution in [2.24, 2.45) is 10.4 Å². The highest BCUT2D eigenvalue weighted by Gasteiger charge is 2.42. The zero-order valence-corrected chi connectivity index (χ0v) is 19.4. The number of carbonyl (C=O) groups excluding carboxylic acids is 1. The molecule has 1 unspecified atom stereocenters. The van der Waals surface area contributed by atoms with Crippen molar-refractivity contribution in [1.82, 2.24) is 15.5 Å². The van der Waals surface area contributed by atoms with Crippen molar-refractivity contribution >= 4 is 35.8 Å². The molecule has 1 amide bonds. The molecule has 1 saturated heterocycles. The molecule has 2 N–H and O–H groups in total. The van der Waals surface area contributed by atoms with E-state index in [4.69, 9.17) is 14.5 Å². The van der Waals surface area contributed by atoms with Gasteiger partial charge in [0.05, 0.1) is 31.3 Å². The lowest BCUT2D eigenvalue weighted by Crippen LogP contribution is -2.43. The maximum Gasteiger partial charge on any atom is 0.230 e. The number of aliphatic imine (C=N–C) groups is 1.